The number of carbonyl (C=O) groups excluding carboxylic acids is 1. The summed E-state index contributed by atoms with van der Waals surface area (Å²) >= 11 is 1.21. The lowest BCUT2D eigenvalue weighted by Gasteiger charge is -2.13. The molecule has 1 saturated heterocycles. The van der Waals surface area contributed by atoms with Gasteiger partial charge in [-0.1, -0.05) is 11.8 Å². The molecular formula is C22H27N7O5S. The van der Waals surface area contributed by atoms with Crippen molar-refractivity contribution in [1.82, 2.24) is 30.0 Å². The summed E-state index contributed by atoms with van der Waals surface area (Å²) in [6.07, 6.45) is 1.99. The number of hydrazone groups is 1. The molecule has 1 fully saturated rings. The molecule has 1 aliphatic heterocycles. The van der Waals surface area contributed by atoms with Crippen molar-refractivity contribution in [3.8, 4) is 17.3 Å². The third kappa shape index (κ3) is 5.62. The quantitative estimate of drug-likeness (QED) is 0.267. The maximum atomic E-state index is 12.5. The zero-order chi connectivity index (χ0) is 25.1. The topological polar surface area (TPSA) is 150 Å². The van der Waals surface area contributed by atoms with Crippen molar-refractivity contribution < 1.29 is 19.1 Å². The van der Waals surface area contributed by atoms with Crippen LogP contribution in [0.25, 0.3) is 11.5 Å². The van der Waals surface area contributed by atoms with Crippen molar-refractivity contribution in [2.75, 3.05) is 12.4 Å². The molecule has 0 radical (unpaired) electrons. The minimum Gasteiger partial charge on any atom is -0.507 e. The molecule has 0 aromatic carbocycles. The largest absolute Gasteiger partial charge is 0.507 e. The summed E-state index contributed by atoms with van der Waals surface area (Å²) in [7, 11) is 1.86. The number of nitrogens with zero attached hydrogens (tertiary/aromatic N) is 6. The van der Waals surface area contributed by atoms with Crippen molar-refractivity contribution in [3.63, 3.8) is 0 Å². The summed E-state index contributed by atoms with van der Waals surface area (Å²) in [5.74, 6) is 0.227. The van der Waals surface area contributed by atoms with Gasteiger partial charge in [0.15, 0.2) is 11.0 Å². The molecule has 2 N–H and O–H groups in total. The molecule has 0 bridgehead atoms. The molecule has 0 saturated carbocycles. The van der Waals surface area contributed by atoms with Crippen LogP contribution in [-0.2, 0) is 23.1 Å². The van der Waals surface area contributed by atoms with Crippen molar-refractivity contribution in [3.05, 3.63) is 39.6 Å². The monoisotopic (exact) mass is 501 g/mol. The predicted molar refractivity (Wildman–Crippen MR) is 128 cm³/mol. The molecule has 35 heavy (non-hydrogen) atoms. The standard InChI is InChI=1S/C22H27N7O5S/c1-12-8-16(27-28(12)4)20-25-26-22(29(20)10-15-6-5-7-33-15)35-11-18(31)24-23-14(3)19-17(30)9-13(2)34-21(19)32/h8-9,15,30H,5-7,10-11H2,1-4H3,(H,24,31)/b23-14-. The van der Waals surface area contributed by atoms with Crippen molar-refractivity contribution in [1.29, 1.82) is 0 Å². The Bertz CT molecular complexity index is 1300. The Balaban J connectivity index is 1.47. The average molecular weight is 502 g/mol. The van der Waals surface area contributed by atoms with E-state index >= 15 is 0 Å². The normalized spacial score (nSPS) is 16.1. The first-order valence-electron chi connectivity index (χ1n) is 11.1. The summed E-state index contributed by atoms with van der Waals surface area (Å²) < 4.78 is 14.5. The van der Waals surface area contributed by atoms with Gasteiger partial charge < -0.3 is 14.3 Å². The van der Waals surface area contributed by atoms with Crippen molar-refractivity contribution in [2.24, 2.45) is 12.1 Å². The SMILES string of the molecule is C/C(=N/NC(=O)CSc1nnc(-c2cc(C)n(C)n2)n1CC1CCCO1)c1c(O)cc(C)oc1=O. The first kappa shape index (κ1) is 24.7. The zero-order valence-corrected chi connectivity index (χ0v) is 20.8. The van der Waals surface area contributed by atoms with Crippen LogP contribution in [0.5, 0.6) is 5.75 Å². The Hall–Kier alpha value is -3.45. The molecule has 1 unspecified atom stereocenters. The Morgan fingerprint density at radius 3 is 2.80 bits per heavy atom. The number of amides is 1. The number of ether oxygens (including phenoxy) is 1. The smallest absolute Gasteiger partial charge is 0.348 e. The molecular weight excluding hydrogens is 474 g/mol. The fourth-order valence-corrected chi connectivity index (χ4v) is 4.45. The van der Waals surface area contributed by atoms with Gasteiger partial charge in [-0.25, -0.2) is 10.2 Å². The molecule has 4 rings (SSSR count). The highest BCUT2D eigenvalue weighted by atomic mass is 32.2. The number of carbonyl (C=O) groups is 1. The Labute approximate surface area is 205 Å². The number of hydrogen-bond donors (Lipinski definition) is 2. The number of hydrogen-bond acceptors (Lipinski definition) is 10. The second-order valence-electron chi connectivity index (χ2n) is 8.27. The van der Waals surface area contributed by atoms with Gasteiger partial charge in [0, 0.05) is 25.4 Å². The maximum Gasteiger partial charge on any atom is 0.348 e. The van der Waals surface area contributed by atoms with E-state index in [1.807, 2.05) is 24.6 Å². The first-order chi connectivity index (χ1) is 16.7. The summed E-state index contributed by atoms with van der Waals surface area (Å²) in [6.45, 7) is 6.28. The van der Waals surface area contributed by atoms with E-state index in [-0.39, 0.29) is 34.6 Å². The summed E-state index contributed by atoms with van der Waals surface area (Å²) in [5, 5.41) is 27.7. The van der Waals surface area contributed by atoms with E-state index in [0.29, 0.717) is 23.2 Å². The number of aromatic hydroxyl groups is 1. The van der Waals surface area contributed by atoms with Crippen LogP contribution in [0.15, 0.2) is 31.6 Å². The minimum absolute atomic E-state index is 0.0101. The van der Waals surface area contributed by atoms with Crippen LogP contribution in [0.4, 0.5) is 0 Å². The van der Waals surface area contributed by atoms with Gasteiger partial charge in [-0.15, -0.1) is 10.2 Å². The summed E-state index contributed by atoms with van der Waals surface area (Å²) in [6, 6.07) is 3.25. The van der Waals surface area contributed by atoms with E-state index in [1.165, 1.54) is 24.8 Å². The van der Waals surface area contributed by atoms with Crippen LogP contribution in [0, 0.1) is 13.8 Å². The Morgan fingerprint density at radius 1 is 1.34 bits per heavy atom. The molecule has 1 aliphatic rings. The van der Waals surface area contributed by atoms with E-state index in [1.54, 1.807) is 11.6 Å². The molecule has 1 atom stereocenters. The van der Waals surface area contributed by atoms with Gasteiger partial charge in [0.25, 0.3) is 5.91 Å². The lowest BCUT2D eigenvalue weighted by molar-refractivity contribution is -0.118. The van der Waals surface area contributed by atoms with Crippen molar-refractivity contribution in [2.45, 2.75) is 51.4 Å². The van der Waals surface area contributed by atoms with E-state index in [9.17, 15) is 14.7 Å². The van der Waals surface area contributed by atoms with Crippen molar-refractivity contribution >= 4 is 23.4 Å². The van der Waals surface area contributed by atoms with Gasteiger partial charge in [-0.05, 0) is 39.7 Å². The molecule has 186 valence electrons. The van der Waals surface area contributed by atoms with Gasteiger partial charge in [0.05, 0.1) is 24.1 Å². The number of nitrogens with one attached hydrogen (secondary N) is 1. The predicted octanol–water partition coefficient (Wildman–Crippen LogP) is 1.77. The first-order valence-corrected chi connectivity index (χ1v) is 12.1. The molecule has 1 amide bonds. The number of aryl methyl sites for hydroxylation is 3. The highest BCUT2D eigenvalue weighted by Crippen LogP contribution is 2.26. The third-order valence-corrected chi connectivity index (χ3v) is 6.53. The van der Waals surface area contributed by atoms with Crippen LogP contribution in [0.3, 0.4) is 0 Å². The highest BCUT2D eigenvalue weighted by Gasteiger charge is 2.23. The van der Waals surface area contributed by atoms with E-state index in [0.717, 1.165) is 25.1 Å². The summed E-state index contributed by atoms with van der Waals surface area (Å²) in [4.78, 5) is 24.5. The molecule has 4 heterocycles. The third-order valence-electron chi connectivity index (χ3n) is 5.57. The van der Waals surface area contributed by atoms with Gasteiger partial charge in [-0.3, -0.25) is 14.0 Å². The van der Waals surface area contributed by atoms with E-state index < -0.39 is 11.5 Å². The second kappa shape index (κ2) is 10.4. The molecule has 12 nitrogen and oxygen atoms in total. The van der Waals surface area contributed by atoms with Gasteiger partial charge in [0.1, 0.15) is 22.8 Å². The molecule has 0 spiro atoms. The lowest BCUT2D eigenvalue weighted by Crippen LogP contribution is -2.23. The minimum atomic E-state index is -0.730. The molecule has 0 aliphatic carbocycles. The van der Waals surface area contributed by atoms with Crippen LogP contribution in [0.1, 0.15) is 36.8 Å². The average Bonchev–Trinajstić information content (AvgIpc) is 3.52. The lowest BCUT2D eigenvalue weighted by atomic mass is 10.2. The zero-order valence-electron chi connectivity index (χ0n) is 19.9. The second-order valence-corrected chi connectivity index (χ2v) is 9.21. The van der Waals surface area contributed by atoms with Gasteiger partial charge in [0.2, 0.25) is 0 Å². The van der Waals surface area contributed by atoms with Crippen LogP contribution in [0.2, 0.25) is 0 Å². The maximum absolute atomic E-state index is 12.5. The Kier molecular flexibility index (Phi) is 7.36. The fraction of sp³-hybridized carbons (Fsp3) is 0.455. The molecule has 3 aromatic heterocycles. The van der Waals surface area contributed by atoms with Gasteiger partial charge >= 0.3 is 5.63 Å². The van der Waals surface area contributed by atoms with E-state index in [2.05, 4.69) is 25.8 Å². The van der Waals surface area contributed by atoms with Crippen LogP contribution < -0.4 is 11.1 Å². The number of thioether (sulfide) groups is 1. The number of aromatic nitrogens is 5. The summed E-state index contributed by atoms with van der Waals surface area (Å²) in [5.41, 5.74) is 3.38. The van der Waals surface area contributed by atoms with E-state index in [4.69, 9.17) is 9.15 Å². The molecule has 13 heteroatoms. The number of rotatable bonds is 8. The van der Waals surface area contributed by atoms with Crippen LogP contribution in [-0.4, -0.2) is 59.7 Å². The molecule has 3 aromatic rings. The van der Waals surface area contributed by atoms with Crippen LogP contribution >= 0.6 is 11.8 Å². The van der Waals surface area contributed by atoms with Gasteiger partial charge in [-0.2, -0.15) is 10.2 Å². The Morgan fingerprint density at radius 2 is 2.14 bits per heavy atom. The fourth-order valence-electron chi connectivity index (χ4n) is 3.70. The highest BCUT2D eigenvalue weighted by molar-refractivity contribution is 7.99.